The molecule has 1 unspecified atom stereocenters. The zero-order chi connectivity index (χ0) is 20.2. The predicted molar refractivity (Wildman–Crippen MR) is 130 cm³/mol. The highest BCUT2D eigenvalue weighted by atomic mass is 79.9. The molecule has 1 N–H and O–H groups in total. The van der Waals surface area contributed by atoms with Crippen molar-refractivity contribution in [2.75, 3.05) is 0 Å². The third-order valence-corrected chi connectivity index (χ3v) is 6.23. The Kier molecular flexibility index (Phi) is 6.43. The summed E-state index contributed by atoms with van der Waals surface area (Å²) in [6.07, 6.45) is 0.802. The third-order valence-electron chi connectivity index (χ3n) is 4.84. The summed E-state index contributed by atoms with van der Waals surface area (Å²) in [5.74, 6) is 0. The van der Waals surface area contributed by atoms with Gasteiger partial charge in [0.15, 0.2) is 5.11 Å². The fourth-order valence-corrected chi connectivity index (χ4v) is 4.08. The molecule has 0 radical (unpaired) electrons. The van der Waals surface area contributed by atoms with Crippen molar-refractivity contribution >= 4 is 54.9 Å². The van der Waals surface area contributed by atoms with Crippen LogP contribution in [-0.2, 0) is 6.54 Å². The number of rotatable bonds is 4. The summed E-state index contributed by atoms with van der Waals surface area (Å²) in [5, 5.41) is 10.8. The Morgan fingerprint density at radius 1 is 0.931 bits per heavy atom. The number of nitrogens with one attached hydrogen (secondary N) is 1. The second-order valence-electron chi connectivity index (χ2n) is 6.81. The molecule has 0 spiro atoms. The van der Waals surface area contributed by atoms with Gasteiger partial charge in [-0.15, -0.1) is 0 Å². The van der Waals surface area contributed by atoms with Crippen molar-refractivity contribution in [1.29, 1.82) is 0 Å². The molecule has 1 heterocycles. The molecular weight excluding hydrogens is 510 g/mol. The minimum atomic E-state index is 0.0671. The van der Waals surface area contributed by atoms with Crippen LogP contribution < -0.4 is 5.32 Å². The highest BCUT2D eigenvalue weighted by Gasteiger charge is 2.31. The smallest absolute Gasteiger partial charge is 0.190 e. The fraction of sp³-hybridized carbons (Fsp3) is 0.130. The van der Waals surface area contributed by atoms with Gasteiger partial charge in [-0.3, -0.25) is 0 Å². The number of hydrogen-bond donors (Lipinski definition) is 1. The number of benzene rings is 3. The van der Waals surface area contributed by atoms with E-state index in [1.807, 2.05) is 35.3 Å². The van der Waals surface area contributed by atoms with E-state index in [1.54, 1.807) is 0 Å². The van der Waals surface area contributed by atoms with Crippen LogP contribution in [0.2, 0.25) is 0 Å². The molecule has 3 aromatic carbocycles. The van der Waals surface area contributed by atoms with Crippen LogP contribution in [0.3, 0.4) is 0 Å². The van der Waals surface area contributed by atoms with Crippen molar-refractivity contribution in [3.63, 3.8) is 0 Å². The summed E-state index contributed by atoms with van der Waals surface area (Å²) in [5.41, 5.74) is 4.53. The monoisotopic (exact) mass is 527 g/mol. The molecule has 3 aromatic rings. The Hall–Kier alpha value is -2.02. The Labute approximate surface area is 193 Å². The first kappa shape index (κ1) is 20.3. The number of hydrazone groups is 1. The van der Waals surface area contributed by atoms with Crippen LogP contribution in [0.5, 0.6) is 0 Å². The van der Waals surface area contributed by atoms with Gasteiger partial charge in [0.1, 0.15) is 0 Å². The van der Waals surface area contributed by atoms with Crippen LogP contribution in [0.4, 0.5) is 0 Å². The normalized spacial score (nSPS) is 15.9. The second kappa shape index (κ2) is 9.20. The van der Waals surface area contributed by atoms with Crippen molar-refractivity contribution < 1.29 is 0 Å². The largest absolute Gasteiger partial charge is 0.357 e. The van der Waals surface area contributed by atoms with Crippen molar-refractivity contribution in [2.45, 2.75) is 19.0 Å². The molecule has 29 heavy (non-hydrogen) atoms. The van der Waals surface area contributed by atoms with Crippen LogP contribution in [0.25, 0.3) is 0 Å². The molecule has 4 rings (SSSR count). The first-order valence-corrected chi connectivity index (χ1v) is 11.3. The molecule has 0 amide bonds. The van der Waals surface area contributed by atoms with E-state index in [2.05, 4.69) is 85.7 Å². The van der Waals surface area contributed by atoms with E-state index < -0.39 is 0 Å². The van der Waals surface area contributed by atoms with Gasteiger partial charge in [-0.1, -0.05) is 86.5 Å². The minimum absolute atomic E-state index is 0.0671. The molecule has 0 saturated carbocycles. The molecule has 0 fully saturated rings. The SMILES string of the molecule is S=C(NCc1ccccc1)N1N=C(c2ccc(Br)cc2)CC1c1ccc(Br)cc1. The Balaban J connectivity index is 1.58. The topological polar surface area (TPSA) is 27.6 Å². The molecule has 0 saturated heterocycles. The molecule has 0 bridgehead atoms. The standard InChI is InChI=1S/C23H19Br2N3S/c24-19-10-6-17(7-11-19)21-14-22(18-8-12-20(25)13-9-18)28(27-21)23(29)26-15-16-4-2-1-3-5-16/h1-13,22H,14-15H2,(H,26,29). The number of nitrogens with zero attached hydrogens (tertiary/aromatic N) is 2. The number of thiocarbonyl (C=S) groups is 1. The maximum atomic E-state index is 5.73. The lowest BCUT2D eigenvalue weighted by molar-refractivity contribution is 0.364. The van der Waals surface area contributed by atoms with Crippen molar-refractivity contribution in [2.24, 2.45) is 5.10 Å². The Morgan fingerprint density at radius 2 is 1.55 bits per heavy atom. The van der Waals surface area contributed by atoms with Gasteiger partial charge in [-0.05, 0) is 53.2 Å². The molecule has 3 nitrogen and oxygen atoms in total. The summed E-state index contributed by atoms with van der Waals surface area (Å²) in [6, 6.07) is 27.0. The van der Waals surface area contributed by atoms with Gasteiger partial charge in [-0.25, -0.2) is 5.01 Å². The van der Waals surface area contributed by atoms with Gasteiger partial charge < -0.3 is 5.32 Å². The van der Waals surface area contributed by atoms with E-state index in [4.69, 9.17) is 17.3 Å². The average Bonchev–Trinajstić information content (AvgIpc) is 3.19. The highest BCUT2D eigenvalue weighted by Crippen LogP contribution is 2.33. The van der Waals surface area contributed by atoms with Crippen molar-refractivity contribution in [3.05, 3.63) is 104 Å². The van der Waals surface area contributed by atoms with Crippen LogP contribution in [0.1, 0.15) is 29.2 Å². The predicted octanol–water partition coefficient (Wildman–Crippen LogP) is 6.44. The minimum Gasteiger partial charge on any atom is -0.357 e. The van der Waals surface area contributed by atoms with Gasteiger partial charge >= 0.3 is 0 Å². The van der Waals surface area contributed by atoms with E-state index in [-0.39, 0.29) is 6.04 Å². The van der Waals surface area contributed by atoms with Gasteiger partial charge in [-0.2, -0.15) is 5.10 Å². The van der Waals surface area contributed by atoms with Crippen LogP contribution in [0, 0.1) is 0 Å². The molecule has 0 aliphatic carbocycles. The fourth-order valence-electron chi connectivity index (χ4n) is 3.31. The number of halogens is 2. The van der Waals surface area contributed by atoms with E-state index in [0.717, 1.165) is 26.6 Å². The maximum Gasteiger partial charge on any atom is 0.190 e. The zero-order valence-corrected chi connectivity index (χ0v) is 19.5. The van der Waals surface area contributed by atoms with Crippen LogP contribution in [-0.4, -0.2) is 15.8 Å². The van der Waals surface area contributed by atoms with Gasteiger partial charge in [0.2, 0.25) is 0 Å². The van der Waals surface area contributed by atoms with E-state index in [0.29, 0.717) is 11.7 Å². The first-order valence-electron chi connectivity index (χ1n) is 9.30. The third kappa shape index (κ3) is 4.94. The van der Waals surface area contributed by atoms with Crippen LogP contribution in [0.15, 0.2) is 92.9 Å². The molecule has 146 valence electrons. The lowest BCUT2D eigenvalue weighted by atomic mass is 9.99. The van der Waals surface area contributed by atoms with Gasteiger partial charge in [0.25, 0.3) is 0 Å². The summed E-state index contributed by atoms with van der Waals surface area (Å²) in [7, 11) is 0. The summed E-state index contributed by atoms with van der Waals surface area (Å²) >= 11 is 12.8. The van der Waals surface area contributed by atoms with Crippen LogP contribution >= 0.6 is 44.1 Å². The van der Waals surface area contributed by atoms with E-state index in [1.165, 1.54) is 11.1 Å². The second-order valence-corrected chi connectivity index (χ2v) is 9.03. The average molecular weight is 529 g/mol. The Bertz CT molecular complexity index is 1020. The first-order chi connectivity index (χ1) is 14.1. The van der Waals surface area contributed by atoms with E-state index in [9.17, 15) is 0 Å². The quantitative estimate of drug-likeness (QED) is 0.395. The number of hydrogen-bond acceptors (Lipinski definition) is 2. The molecule has 6 heteroatoms. The summed E-state index contributed by atoms with van der Waals surface area (Å²) < 4.78 is 2.12. The van der Waals surface area contributed by atoms with Gasteiger partial charge in [0, 0.05) is 21.9 Å². The molecule has 0 aromatic heterocycles. The Morgan fingerprint density at radius 3 is 2.21 bits per heavy atom. The lowest BCUT2D eigenvalue weighted by Gasteiger charge is -2.25. The molecule has 1 aliphatic heterocycles. The summed E-state index contributed by atoms with van der Waals surface area (Å²) in [6.45, 7) is 0.673. The molecular formula is C23H19Br2N3S. The van der Waals surface area contributed by atoms with Gasteiger partial charge in [0.05, 0.1) is 11.8 Å². The molecule has 1 aliphatic rings. The lowest BCUT2D eigenvalue weighted by Crippen LogP contribution is -2.36. The van der Waals surface area contributed by atoms with Crippen molar-refractivity contribution in [3.8, 4) is 0 Å². The maximum absolute atomic E-state index is 5.73. The van der Waals surface area contributed by atoms with Crippen molar-refractivity contribution in [1.82, 2.24) is 10.3 Å². The summed E-state index contributed by atoms with van der Waals surface area (Å²) in [4.78, 5) is 0. The zero-order valence-electron chi connectivity index (χ0n) is 15.6. The molecule has 1 atom stereocenters. The van der Waals surface area contributed by atoms with E-state index >= 15 is 0 Å². The highest BCUT2D eigenvalue weighted by molar-refractivity contribution is 9.10.